The Morgan fingerprint density at radius 2 is 1.86 bits per heavy atom. The first-order chi connectivity index (χ1) is 10.2. The molecule has 0 amide bonds. The summed E-state index contributed by atoms with van der Waals surface area (Å²) >= 11 is 0. The summed E-state index contributed by atoms with van der Waals surface area (Å²) in [5, 5.41) is 3.52. The minimum atomic E-state index is 0.360. The van der Waals surface area contributed by atoms with Crippen molar-refractivity contribution in [2.75, 3.05) is 20.7 Å². The van der Waals surface area contributed by atoms with Crippen LogP contribution in [0.15, 0.2) is 24.3 Å². The van der Waals surface area contributed by atoms with E-state index in [1.165, 1.54) is 31.2 Å². The maximum atomic E-state index is 6.02. The number of nitrogens with one attached hydrogen (secondary N) is 1. The van der Waals surface area contributed by atoms with Gasteiger partial charge in [-0.2, -0.15) is 0 Å². The normalized spacial score (nSPS) is 32.6. The Morgan fingerprint density at radius 3 is 2.57 bits per heavy atom. The summed E-state index contributed by atoms with van der Waals surface area (Å²) < 4.78 is 6.02. The van der Waals surface area contributed by atoms with Crippen LogP contribution in [0, 0.1) is 5.92 Å². The quantitative estimate of drug-likeness (QED) is 0.924. The zero-order valence-corrected chi connectivity index (χ0v) is 13.5. The molecule has 3 heteroatoms. The number of likely N-dealkylation sites (N-methyl/N-ethyl adjacent to an activating group) is 2. The van der Waals surface area contributed by atoms with Crippen LogP contribution in [0.2, 0.25) is 0 Å². The van der Waals surface area contributed by atoms with Gasteiger partial charge in [0.15, 0.2) is 0 Å². The molecule has 1 aliphatic carbocycles. The molecule has 1 aromatic carbocycles. The number of para-hydroxylation sites is 1. The van der Waals surface area contributed by atoms with Gasteiger partial charge >= 0.3 is 0 Å². The Hall–Kier alpha value is -1.06. The molecule has 0 bridgehead atoms. The molecule has 0 saturated heterocycles. The average molecular weight is 288 g/mol. The van der Waals surface area contributed by atoms with E-state index in [-0.39, 0.29) is 0 Å². The largest absolute Gasteiger partial charge is 0.492 e. The Bertz CT molecular complexity index is 468. The highest BCUT2D eigenvalue weighted by molar-refractivity contribution is 5.38. The van der Waals surface area contributed by atoms with Crippen molar-refractivity contribution in [2.24, 2.45) is 5.92 Å². The van der Waals surface area contributed by atoms with Gasteiger partial charge in [-0.15, -0.1) is 0 Å². The smallest absolute Gasteiger partial charge is 0.124 e. The zero-order valence-electron chi connectivity index (χ0n) is 13.5. The summed E-state index contributed by atoms with van der Waals surface area (Å²) in [6, 6.07) is 9.92. The van der Waals surface area contributed by atoms with E-state index in [1.807, 2.05) is 0 Å². The second-order valence-corrected chi connectivity index (χ2v) is 6.76. The molecule has 116 valence electrons. The number of fused-ring (bicyclic) bond motifs is 1. The summed E-state index contributed by atoms with van der Waals surface area (Å²) in [5.41, 5.74) is 1.30. The molecule has 1 N–H and O–H groups in total. The first-order valence-electron chi connectivity index (χ1n) is 8.31. The van der Waals surface area contributed by atoms with Crippen molar-refractivity contribution in [2.45, 2.75) is 50.7 Å². The van der Waals surface area contributed by atoms with Gasteiger partial charge in [0.25, 0.3) is 0 Å². The van der Waals surface area contributed by atoms with Crippen LogP contribution in [0.5, 0.6) is 5.75 Å². The third-order valence-electron chi connectivity index (χ3n) is 5.44. The Kier molecular flexibility index (Phi) is 4.51. The van der Waals surface area contributed by atoms with Gasteiger partial charge in [-0.25, -0.2) is 0 Å². The predicted molar refractivity (Wildman–Crippen MR) is 86.7 cm³/mol. The second-order valence-electron chi connectivity index (χ2n) is 6.76. The van der Waals surface area contributed by atoms with E-state index < -0.39 is 0 Å². The molecule has 1 aliphatic heterocycles. The summed E-state index contributed by atoms with van der Waals surface area (Å²) in [5.74, 6) is 1.94. The van der Waals surface area contributed by atoms with E-state index in [0.29, 0.717) is 18.1 Å². The van der Waals surface area contributed by atoms with Crippen molar-refractivity contribution in [1.29, 1.82) is 0 Å². The van der Waals surface area contributed by atoms with Gasteiger partial charge in [0.1, 0.15) is 12.4 Å². The van der Waals surface area contributed by atoms with E-state index in [2.05, 4.69) is 55.5 Å². The van der Waals surface area contributed by atoms with Crippen LogP contribution in [0.3, 0.4) is 0 Å². The number of nitrogens with zero attached hydrogens (tertiary/aromatic N) is 1. The van der Waals surface area contributed by atoms with Gasteiger partial charge < -0.3 is 10.1 Å². The molecule has 1 fully saturated rings. The molecule has 2 atom stereocenters. The van der Waals surface area contributed by atoms with Crippen molar-refractivity contribution >= 4 is 0 Å². The monoisotopic (exact) mass is 288 g/mol. The first-order valence-corrected chi connectivity index (χ1v) is 8.31. The highest BCUT2D eigenvalue weighted by atomic mass is 16.5. The van der Waals surface area contributed by atoms with Gasteiger partial charge in [0, 0.05) is 11.6 Å². The Balaban J connectivity index is 1.76. The summed E-state index contributed by atoms with van der Waals surface area (Å²) in [6.45, 7) is 3.16. The molecule has 0 radical (unpaired) electrons. The van der Waals surface area contributed by atoms with Gasteiger partial charge in [-0.1, -0.05) is 25.1 Å². The van der Waals surface area contributed by atoms with Crippen LogP contribution in [-0.4, -0.2) is 37.7 Å². The van der Waals surface area contributed by atoms with E-state index in [4.69, 9.17) is 4.74 Å². The highest BCUT2D eigenvalue weighted by Crippen LogP contribution is 2.36. The first kappa shape index (κ1) is 14.9. The second kappa shape index (κ2) is 6.37. The van der Waals surface area contributed by atoms with E-state index in [0.717, 1.165) is 18.3 Å². The predicted octanol–water partition coefficient (Wildman–Crippen LogP) is 3.22. The van der Waals surface area contributed by atoms with Crippen LogP contribution in [0.4, 0.5) is 0 Å². The maximum absolute atomic E-state index is 6.02. The lowest BCUT2D eigenvalue weighted by molar-refractivity contribution is 0.0557. The van der Waals surface area contributed by atoms with E-state index in [1.54, 1.807) is 0 Å². The highest BCUT2D eigenvalue weighted by Gasteiger charge is 2.35. The topological polar surface area (TPSA) is 24.5 Å². The molecule has 0 spiro atoms. The summed E-state index contributed by atoms with van der Waals surface area (Å²) in [6.07, 6.45) is 5.38. The standard InChI is InChI=1S/C18H28N2O/c1-13-8-10-14(11-9-13)20(3)16-12-21-17-7-5-4-6-15(17)18(16)19-2/h4-7,13-14,16,18-19H,8-12H2,1-3H3. The third-order valence-corrected chi connectivity index (χ3v) is 5.44. The number of benzene rings is 1. The number of hydrogen-bond acceptors (Lipinski definition) is 3. The molecule has 3 nitrogen and oxygen atoms in total. The van der Waals surface area contributed by atoms with Crippen LogP contribution in [-0.2, 0) is 0 Å². The molecule has 1 aromatic rings. The average Bonchev–Trinajstić information content (AvgIpc) is 2.53. The number of ether oxygens (including phenoxy) is 1. The molecule has 2 unspecified atom stereocenters. The lowest BCUT2D eigenvalue weighted by atomic mass is 9.85. The number of rotatable bonds is 3. The van der Waals surface area contributed by atoms with Crippen molar-refractivity contribution in [3.05, 3.63) is 29.8 Å². The lowest BCUT2D eigenvalue weighted by Crippen LogP contribution is -2.52. The van der Waals surface area contributed by atoms with Crippen LogP contribution < -0.4 is 10.1 Å². The fourth-order valence-corrected chi connectivity index (χ4v) is 3.97. The lowest BCUT2D eigenvalue weighted by Gasteiger charge is -2.44. The summed E-state index contributed by atoms with van der Waals surface area (Å²) in [4.78, 5) is 2.57. The van der Waals surface area contributed by atoms with Crippen molar-refractivity contribution in [3.8, 4) is 5.75 Å². The van der Waals surface area contributed by atoms with E-state index in [9.17, 15) is 0 Å². The van der Waals surface area contributed by atoms with Gasteiger partial charge in [-0.05, 0) is 51.8 Å². The molecule has 2 aliphatic rings. The fourth-order valence-electron chi connectivity index (χ4n) is 3.97. The zero-order chi connectivity index (χ0) is 14.8. The number of hydrogen-bond donors (Lipinski definition) is 1. The minimum absolute atomic E-state index is 0.360. The van der Waals surface area contributed by atoms with Crippen LogP contribution in [0.1, 0.15) is 44.2 Å². The van der Waals surface area contributed by atoms with Gasteiger partial charge in [-0.3, -0.25) is 4.90 Å². The molecule has 1 saturated carbocycles. The molecule has 3 rings (SSSR count). The maximum Gasteiger partial charge on any atom is 0.124 e. The minimum Gasteiger partial charge on any atom is -0.492 e. The molecule has 0 aromatic heterocycles. The van der Waals surface area contributed by atoms with Crippen LogP contribution >= 0.6 is 0 Å². The van der Waals surface area contributed by atoms with Crippen molar-refractivity contribution < 1.29 is 4.74 Å². The van der Waals surface area contributed by atoms with E-state index >= 15 is 0 Å². The fraction of sp³-hybridized carbons (Fsp3) is 0.667. The Labute approximate surface area is 128 Å². The van der Waals surface area contributed by atoms with Gasteiger partial charge in [0.05, 0.1) is 12.1 Å². The van der Waals surface area contributed by atoms with Crippen molar-refractivity contribution in [1.82, 2.24) is 10.2 Å². The molecular formula is C18H28N2O. The van der Waals surface area contributed by atoms with Crippen molar-refractivity contribution in [3.63, 3.8) is 0 Å². The molecular weight excluding hydrogens is 260 g/mol. The van der Waals surface area contributed by atoms with Gasteiger partial charge in [0.2, 0.25) is 0 Å². The van der Waals surface area contributed by atoms with Crippen LogP contribution in [0.25, 0.3) is 0 Å². The third kappa shape index (κ3) is 2.95. The SMILES string of the molecule is CNC1c2ccccc2OCC1N(C)C1CCC(C)CC1. The molecule has 1 heterocycles. The summed E-state index contributed by atoms with van der Waals surface area (Å²) in [7, 11) is 4.35. The molecule has 21 heavy (non-hydrogen) atoms. The Morgan fingerprint density at radius 1 is 1.14 bits per heavy atom.